The SMILES string of the molecule is C=Cc1cnc2c(C(=O)OCC)c(NC(=O)OC(C)(C)C)oc2c1. The number of pyridine rings is 1. The summed E-state index contributed by atoms with van der Waals surface area (Å²) < 4.78 is 15.8. The summed E-state index contributed by atoms with van der Waals surface area (Å²) in [7, 11) is 0. The molecule has 1 amide bonds. The fourth-order valence-electron chi connectivity index (χ4n) is 1.98. The van der Waals surface area contributed by atoms with E-state index in [0.29, 0.717) is 11.1 Å². The van der Waals surface area contributed by atoms with Crippen LogP contribution in [0.2, 0.25) is 0 Å². The molecule has 2 heterocycles. The number of amides is 1. The highest BCUT2D eigenvalue weighted by Crippen LogP contribution is 2.30. The first-order valence-corrected chi connectivity index (χ1v) is 7.47. The number of hydrogen-bond donors (Lipinski definition) is 1. The lowest BCUT2D eigenvalue weighted by molar-refractivity contribution is 0.0529. The fourth-order valence-corrected chi connectivity index (χ4v) is 1.98. The summed E-state index contributed by atoms with van der Waals surface area (Å²) in [6.07, 6.45) is 2.40. The number of anilines is 1. The van der Waals surface area contributed by atoms with E-state index in [2.05, 4.69) is 16.9 Å². The summed E-state index contributed by atoms with van der Waals surface area (Å²) in [5.41, 5.74) is 0.712. The molecule has 0 aliphatic carbocycles. The van der Waals surface area contributed by atoms with Crippen LogP contribution in [0.15, 0.2) is 23.3 Å². The van der Waals surface area contributed by atoms with Crippen LogP contribution in [0.4, 0.5) is 10.7 Å². The van der Waals surface area contributed by atoms with Crippen molar-refractivity contribution in [3.8, 4) is 0 Å². The molecule has 0 aliphatic heterocycles. The predicted molar refractivity (Wildman–Crippen MR) is 89.9 cm³/mol. The molecule has 0 aromatic carbocycles. The molecule has 0 fully saturated rings. The van der Waals surface area contributed by atoms with Gasteiger partial charge < -0.3 is 13.9 Å². The third kappa shape index (κ3) is 3.92. The largest absolute Gasteiger partial charge is 0.462 e. The Balaban J connectivity index is 2.46. The lowest BCUT2D eigenvalue weighted by Gasteiger charge is -2.19. The van der Waals surface area contributed by atoms with Gasteiger partial charge in [-0.05, 0) is 39.3 Å². The number of nitrogens with zero attached hydrogens (tertiary/aromatic N) is 1. The van der Waals surface area contributed by atoms with Crippen LogP contribution in [0.5, 0.6) is 0 Å². The number of nitrogens with one attached hydrogen (secondary N) is 1. The molecule has 0 atom stereocenters. The molecule has 0 unspecified atom stereocenters. The molecule has 2 aromatic heterocycles. The maximum absolute atomic E-state index is 12.2. The number of rotatable bonds is 4. The van der Waals surface area contributed by atoms with Gasteiger partial charge in [-0.2, -0.15) is 0 Å². The fraction of sp³-hybridized carbons (Fsp3) is 0.353. The second kappa shape index (κ2) is 6.74. The van der Waals surface area contributed by atoms with Crippen LogP contribution in [0.25, 0.3) is 17.2 Å². The van der Waals surface area contributed by atoms with Crippen molar-refractivity contribution in [3.05, 3.63) is 30.0 Å². The molecule has 2 rings (SSSR count). The second-order valence-electron chi connectivity index (χ2n) is 5.97. The molecular weight excluding hydrogens is 312 g/mol. The quantitative estimate of drug-likeness (QED) is 0.851. The van der Waals surface area contributed by atoms with Gasteiger partial charge in [0.05, 0.1) is 6.61 Å². The Morgan fingerprint density at radius 3 is 2.71 bits per heavy atom. The summed E-state index contributed by atoms with van der Waals surface area (Å²) >= 11 is 0. The number of carbonyl (C=O) groups is 2. The van der Waals surface area contributed by atoms with E-state index >= 15 is 0 Å². The molecule has 0 saturated heterocycles. The Kier molecular flexibility index (Phi) is 4.92. The van der Waals surface area contributed by atoms with Crippen LogP contribution < -0.4 is 5.32 Å². The first-order chi connectivity index (χ1) is 11.2. The first-order valence-electron chi connectivity index (χ1n) is 7.47. The lowest BCUT2D eigenvalue weighted by atomic mass is 10.2. The Bertz CT molecular complexity index is 786. The van der Waals surface area contributed by atoms with Crippen molar-refractivity contribution in [3.63, 3.8) is 0 Å². The molecule has 24 heavy (non-hydrogen) atoms. The van der Waals surface area contributed by atoms with Crippen LogP contribution in [0.3, 0.4) is 0 Å². The van der Waals surface area contributed by atoms with E-state index in [1.807, 2.05) is 0 Å². The molecule has 7 heteroatoms. The van der Waals surface area contributed by atoms with Crippen molar-refractivity contribution in [2.45, 2.75) is 33.3 Å². The Morgan fingerprint density at radius 2 is 2.12 bits per heavy atom. The van der Waals surface area contributed by atoms with Gasteiger partial charge in [0, 0.05) is 6.20 Å². The van der Waals surface area contributed by atoms with Gasteiger partial charge in [-0.3, -0.25) is 10.3 Å². The minimum atomic E-state index is -0.740. The molecule has 128 valence electrons. The van der Waals surface area contributed by atoms with Crippen molar-refractivity contribution < 1.29 is 23.5 Å². The van der Waals surface area contributed by atoms with Crippen molar-refractivity contribution in [1.82, 2.24) is 4.98 Å². The Labute approximate surface area is 139 Å². The van der Waals surface area contributed by atoms with Crippen LogP contribution in [-0.2, 0) is 9.47 Å². The van der Waals surface area contributed by atoms with Crippen molar-refractivity contribution in [2.24, 2.45) is 0 Å². The molecular formula is C17H20N2O5. The summed E-state index contributed by atoms with van der Waals surface area (Å²) in [6, 6.07) is 1.67. The van der Waals surface area contributed by atoms with Gasteiger partial charge in [-0.1, -0.05) is 12.7 Å². The first kappa shape index (κ1) is 17.5. The van der Waals surface area contributed by atoms with Gasteiger partial charge in [-0.15, -0.1) is 0 Å². The number of furan rings is 1. The normalized spacial score (nSPS) is 11.2. The molecule has 0 spiro atoms. The molecule has 0 bridgehead atoms. The van der Waals surface area contributed by atoms with E-state index < -0.39 is 17.7 Å². The highest BCUT2D eigenvalue weighted by molar-refractivity contribution is 6.08. The Hall–Kier alpha value is -2.83. The second-order valence-corrected chi connectivity index (χ2v) is 5.97. The molecule has 0 radical (unpaired) electrons. The molecule has 0 saturated carbocycles. The topological polar surface area (TPSA) is 90.7 Å². The maximum Gasteiger partial charge on any atom is 0.414 e. The molecule has 1 N–H and O–H groups in total. The monoisotopic (exact) mass is 332 g/mol. The molecule has 2 aromatic rings. The van der Waals surface area contributed by atoms with E-state index in [1.54, 1.807) is 46.0 Å². The number of hydrogen-bond acceptors (Lipinski definition) is 6. The standard InChI is InChI=1S/C17H20N2O5/c1-6-10-8-11-13(18-9-10)12(15(20)22-7-2)14(23-11)19-16(21)24-17(3,4)5/h6,8-9H,1,7H2,2-5H3,(H,19,21). The third-order valence-electron chi connectivity index (χ3n) is 2.88. The van der Waals surface area contributed by atoms with Gasteiger partial charge in [0.2, 0.25) is 5.88 Å². The van der Waals surface area contributed by atoms with E-state index in [1.165, 1.54) is 0 Å². The predicted octanol–water partition coefficient (Wildman–Crippen LogP) is 3.99. The number of carbonyl (C=O) groups excluding carboxylic acids is 2. The van der Waals surface area contributed by atoms with E-state index in [0.717, 1.165) is 5.56 Å². The van der Waals surface area contributed by atoms with Crippen LogP contribution in [0, 0.1) is 0 Å². The highest BCUT2D eigenvalue weighted by Gasteiger charge is 2.26. The van der Waals surface area contributed by atoms with Crippen molar-refractivity contribution in [1.29, 1.82) is 0 Å². The van der Waals surface area contributed by atoms with Gasteiger partial charge in [0.1, 0.15) is 16.7 Å². The zero-order chi connectivity index (χ0) is 17.9. The van der Waals surface area contributed by atoms with Crippen molar-refractivity contribution in [2.75, 3.05) is 11.9 Å². The summed E-state index contributed by atoms with van der Waals surface area (Å²) in [5, 5.41) is 2.44. The van der Waals surface area contributed by atoms with Gasteiger partial charge >= 0.3 is 12.1 Å². The summed E-state index contributed by atoms with van der Waals surface area (Å²) in [4.78, 5) is 28.4. The number of esters is 1. The Morgan fingerprint density at radius 1 is 1.42 bits per heavy atom. The molecule has 7 nitrogen and oxygen atoms in total. The summed E-state index contributed by atoms with van der Waals surface area (Å²) in [5.74, 6) is -0.701. The average molecular weight is 332 g/mol. The zero-order valence-corrected chi connectivity index (χ0v) is 14.1. The zero-order valence-electron chi connectivity index (χ0n) is 14.1. The van der Waals surface area contributed by atoms with Gasteiger partial charge in [0.25, 0.3) is 0 Å². The maximum atomic E-state index is 12.2. The minimum absolute atomic E-state index is 0.0494. The molecule has 0 aliphatic rings. The minimum Gasteiger partial charge on any atom is -0.462 e. The summed E-state index contributed by atoms with van der Waals surface area (Å²) in [6.45, 7) is 10.7. The van der Waals surface area contributed by atoms with Crippen LogP contribution in [0.1, 0.15) is 43.6 Å². The lowest BCUT2D eigenvalue weighted by Crippen LogP contribution is -2.27. The van der Waals surface area contributed by atoms with Crippen LogP contribution >= 0.6 is 0 Å². The average Bonchev–Trinajstić information content (AvgIpc) is 2.81. The third-order valence-corrected chi connectivity index (χ3v) is 2.88. The van der Waals surface area contributed by atoms with E-state index in [4.69, 9.17) is 13.9 Å². The number of fused-ring (bicyclic) bond motifs is 1. The van der Waals surface area contributed by atoms with Gasteiger partial charge in [-0.25, -0.2) is 9.59 Å². The number of aromatic nitrogens is 1. The van der Waals surface area contributed by atoms with E-state index in [-0.39, 0.29) is 18.1 Å². The number of ether oxygens (including phenoxy) is 2. The van der Waals surface area contributed by atoms with Gasteiger partial charge in [0.15, 0.2) is 5.58 Å². The smallest absolute Gasteiger partial charge is 0.414 e. The van der Waals surface area contributed by atoms with Crippen molar-refractivity contribution >= 4 is 35.1 Å². The van der Waals surface area contributed by atoms with Crippen LogP contribution in [-0.4, -0.2) is 29.3 Å². The highest BCUT2D eigenvalue weighted by atomic mass is 16.6. The van der Waals surface area contributed by atoms with E-state index in [9.17, 15) is 9.59 Å².